The molecule has 0 aliphatic rings. The minimum atomic E-state index is 0.785. The summed E-state index contributed by atoms with van der Waals surface area (Å²) in [5.41, 5.74) is 2.36. The number of anilines is 1. The Labute approximate surface area is 126 Å². The van der Waals surface area contributed by atoms with E-state index in [9.17, 15) is 0 Å². The summed E-state index contributed by atoms with van der Waals surface area (Å²) in [6, 6.07) is 8.19. The lowest BCUT2D eigenvalue weighted by Crippen LogP contribution is -1.99. The van der Waals surface area contributed by atoms with Crippen LogP contribution in [0.5, 0.6) is 0 Å². The van der Waals surface area contributed by atoms with E-state index in [-0.39, 0.29) is 0 Å². The average molecular weight is 396 g/mol. The van der Waals surface area contributed by atoms with E-state index in [0.717, 1.165) is 25.5 Å². The Morgan fingerprint density at radius 1 is 1.29 bits per heavy atom. The predicted molar refractivity (Wildman–Crippen MR) is 83.2 cm³/mol. The number of hydrogen-bond donors (Lipinski definition) is 1. The molecule has 1 nitrogen and oxygen atoms in total. The lowest BCUT2D eigenvalue weighted by molar-refractivity contribution is 1.17. The van der Waals surface area contributed by atoms with Crippen LogP contribution in [0.15, 0.2) is 33.2 Å². The normalized spacial score (nSPS) is 10.6. The van der Waals surface area contributed by atoms with Crippen molar-refractivity contribution in [2.24, 2.45) is 0 Å². The van der Waals surface area contributed by atoms with Gasteiger partial charge in [0.2, 0.25) is 0 Å². The van der Waals surface area contributed by atoms with Crippen molar-refractivity contribution in [3.8, 4) is 0 Å². The van der Waals surface area contributed by atoms with Crippen LogP contribution >= 0.6 is 54.8 Å². The Balaban J connectivity index is 2.10. The fourth-order valence-electron chi connectivity index (χ4n) is 1.46. The van der Waals surface area contributed by atoms with Crippen LogP contribution in [0, 0.1) is 6.92 Å². The number of benzene rings is 1. The highest BCUT2D eigenvalue weighted by Gasteiger charge is 2.05. The van der Waals surface area contributed by atoms with Gasteiger partial charge in [-0.1, -0.05) is 33.6 Å². The number of nitrogens with one attached hydrogen (secondary N) is 1. The molecule has 0 saturated heterocycles. The van der Waals surface area contributed by atoms with Crippen LogP contribution in [0.3, 0.4) is 0 Å². The molecule has 2 rings (SSSR count). The van der Waals surface area contributed by atoms with Crippen LogP contribution in [0.1, 0.15) is 10.4 Å². The van der Waals surface area contributed by atoms with Gasteiger partial charge in [0.1, 0.15) is 4.34 Å². The van der Waals surface area contributed by atoms with E-state index >= 15 is 0 Å². The Kier molecular flexibility index (Phi) is 4.53. The number of hydrogen-bond acceptors (Lipinski definition) is 2. The maximum atomic E-state index is 6.00. The highest BCUT2D eigenvalue weighted by atomic mass is 79.9. The summed E-state index contributed by atoms with van der Waals surface area (Å²) < 4.78 is 2.88. The molecule has 1 heterocycles. The van der Waals surface area contributed by atoms with Gasteiger partial charge in [-0.2, -0.15) is 0 Å². The molecule has 0 aliphatic carbocycles. The highest BCUT2D eigenvalue weighted by Crippen LogP contribution is 2.32. The molecule has 0 spiro atoms. The molecule has 17 heavy (non-hydrogen) atoms. The van der Waals surface area contributed by atoms with Crippen molar-refractivity contribution in [2.45, 2.75) is 13.5 Å². The van der Waals surface area contributed by atoms with E-state index in [2.05, 4.69) is 50.2 Å². The van der Waals surface area contributed by atoms with Crippen molar-refractivity contribution < 1.29 is 0 Å². The Bertz CT molecular complexity index is 520. The Morgan fingerprint density at radius 2 is 2.06 bits per heavy atom. The van der Waals surface area contributed by atoms with Crippen molar-refractivity contribution in [3.63, 3.8) is 0 Å². The first-order valence-corrected chi connectivity index (χ1v) is 7.78. The van der Waals surface area contributed by atoms with Gasteiger partial charge in [-0.05, 0) is 46.6 Å². The predicted octanol–water partition coefficient (Wildman–Crippen LogP) is 5.85. The SMILES string of the molecule is Cc1c(Br)cccc1NCc1cc(Br)c(Cl)s1. The summed E-state index contributed by atoms with van der Waals surface area (Å²) in [4.78, 5) is 1.21. The molecule has 0 unspecified atom stereocenters. The maximum absolute atomic E-state index is 6.00. The molecule has 0 atom stereocenters. The molecular formula is C12H10Br2ClNS. The quantitative estimate of drug-likeness (QED) is 0.688. The fourth-order valence-corrected chi connectivity index (χ4v) is 3.56. The lowest BCUT2D eigenvalue weighted by Gasteiger charge is -2.09. The van der Waals surface area contributed by atoms with Crippen molar-refractivity contribution in [1.82, 2.24) is 0 Å². The van der Waals surface area contributed by atoms with E-state index in [1.165, 1.54) is 10.4 Å². The maximum Gasteiger partial charge on any atom is 0.107 e. The number of thiophene rings is 1. The standard InChI is InChI=1S/C12H10Br2ClNS/c1-7-9(13)3-2-4-11(7)16-6-8-5-10(14)12(15)17-8/h2-5,16H,6H2,1H3. The molecular weight excluding hydrogens is 385 g/mol. The molecule has 2 aromatic rings. The molecule has 0 fully saturated rings. The lowest BCUT2D eigenvalue weighted by atomic mass is 10.2. The summed E-state index contributed by atoms with van der Waals surface area (Å²) in [6.07, 6.45) is 0. The van der Waals surface area contributed by atoms with E-state index in [4.69, 9.17) is 11.6 Å². The molecule has 5 heteroatoms. The van der Waals surface area contributed by atoms with Crippen LogP contribution in [0.2, 0.25) is 4.34 Å². The second-order valence-electron chi connectivity index (χ2n) is 3.60. The number of rotatable bonds is 3. The molecule has 0 radical (unpaired) electrons. The van der Waals surface area contributed by atoms with E-state index < -0.39 is 0 Å². The number of halogens is 3. The van der Waals surface area contributed by atoms with Crippen molar-refractivity contribution in [2.75, 3.05) is 5.32 Å². The van der Waals surface area contributed by atoms with Gasteiger partial charge in [-0.25, -0.2) is 0 Å². The third-order valence-corrected chi connectivity index (χ3v) is 5.75. The molecule has 90 valence electrons. The highest BCUT2D eigenvalue weighted by molar-refractivity contribution is 9.10. The largest absolute Gasteiger partial charge is 0.380 e. The first-order chi connectivity index (χ1) is 8.08. The average Bonchev–Trinajstić information content (AvgIpc) is 2.61. The zero-order valence-corrected chi connectivity index (χ0v) is 13.8. The van der Waals surface area contributed by atoms with Crippen LogP contribution in [0.4, 0.5) is 5.69 Å². The first-order valence-electron chi connectivity index (χ1n) is 5.00. The zero-order chi connectivity index (χ0) is 12.4. The van der Waals surface area contributed by atoms with Gasteiger partial charge in [-0.3, -0.25) is 0 Å². The Hall–Kier alpha value is -0.0300. The van der Waals surface area contributed by atoms with Gasteiger partial charge in [0.25, 0.3) is 0 Å². The topological polar surface area (TPSA) is 12.0 Å². The van der Waals surface area contributed by atoms with E-state index in [1.54, 1.807) is 11.3 Å². The molecule has 0 saturated carbocycles. The minimum absolute atomic E-state index is 0.785. The van der Waals surface area contributed by atoms with E-state index in [0.29, 0.717) is 0 Å². The third-order valence-electron chi connectivity index (χ3n) is 2.42. The summed E-state index contributed by atoms with van der Waals surface area (Å²) in [5, 5.41) is 3.41. The zero-order valence-electron chi connectivity index (χ0n) is 9.06. The molecule has 0 aliphatic heterocycles. The van der Waals surface area contributed by atoms with Crippen LogP contribution in [0.25, 0.3) is 0 Å². The van der Waals surface area contributed by atoms with E-state index in [1.807, 2.05) is 18.2 Å². The van der Waals surface area contributed by atoms with Crippen LogP contribution in [-0.2, 0) is 6.54 Å². The second-order valence-corrected chi connectivity index (χ2v) is 7.05. The third kappa shape index (κ3) is 3.25. The molecule has 0 amide bonds. The second kappa shape index (κ2) is 5.74. The molecule has 1 N–H and O–H groups in total. The van der Waals surface area contributed by atoms with Crippen LogP contribution in [-0.4, -0.2) is 0 Å². The summed E-state index contributed by atoms with van der Waals surface area (Å²) >= 11 is 14.5. The van der Waals surface area contributed by atoms with Crippen LogP contribution < -0.4 is 5.32 Å². The van der Waals surface area contributed by atoms with Gasteiger partial charge in [-0.15, -0.1) is 11.3 Å². The van der Waals surface area contributed by atoms with Gasteiger partial charge >= 0.3 is 0 Å². The molecule has 0 bridgehead atoms. The monoisotopic (exact) mass is 393 g/mol. The van der Waals surface area contributed by atoms with Gasteiger partial charge in [0.05, 0.1) is 0 Å². The fraction of sp³-hybridized carbons (Fsp3) is 0.167. The molecule has 1 aromatic heterocycles. The van der Waals surface area contributed by atoms with Gasteiger partial charge in [0.15, 0.2) is 0 Å². The Morgan fingerprint density at radius 3 is 2.71 bits per heavy atom. The molecule has 1 aromatic carbocycles. The van der Waals surface area contributed by atoms with Crippen molar-refractivity contribution >= 4 is 60.5 Å². The van der Waals surface area contributed by atoms with Crippen molar-refractivity contribution in [1.29, 1.82) is 0 Å². The summed E-state index contributed by atoms with van der Waals surface area (Å²) in [6.45, 7) is 2.87. The van der Waals surface area contributed by atoms with Gasteiger partial charge < -0.3 is 5.32 Å². The smallest absolute Gasteiger partial charge is 0.107 e. The minimum Gasteiger partial charge on any atom is -0.380 e. The van der Waals surface area contributed by atoms with Gasteiger partial charge in [0, 0.05) is 26.1 Å². The summed E-state index contributed by atoms with van der Waals surface area (Å²) in [7, 11) is 0. The first kappa shape index (κ1) is 13.4. The summed E-state index contributed by atoms with van der Waals surface area (Å²) in [5.74, 6) is 0. The van der Waals surface area contributed by atoms with Crippen molar-refractivity contribution in [3.05, 3.63) is 48.0 Å².